The molecule has 0 radical (unpaired) electrons. The first-order valence-corrected chi connectivity index (χ1v) is 10.6. The van der Waals surface area contributed by atoms with Crippen LogP contribution < -0.4 is 4.74 Å². The third kappa shape index (κ3) is 4.10. The van der Waals surface area contributed by atoms with E-state index >= 15 is 0 Å². The number of nitrogens with zero attached hydrogens (tertiary/aromatic N) is 1. The fraction of sp³-hybridized carbons (Fsp3) is 0.111. The first kappa shape index (κ1) is 19.9. The summed E-state index contributed by atoms with van der Waals surface area (Å²) in [4.78, 5) is 20.2. The van der Waals surface area contributed by atoms with Gasteiger partial charge in [-0.2, -0.15) is 0 Å². The van der Waals surface area contributed by atoms with Crippen molar-refractivity contribution in [1.29, 1.82) is 0 Å². The number of H-pyrrole nitrogens is 1. The SMILES string of the molecule is O=C(CCCc1c(-c2ccccn2)[nH]c2ccc(F)cc12)Oc1ccc2ccccc2c1. The van der Waals surface area contributed by atoms with Crippen LogP contribution >= 0.6 is 0 Å². The van der Waals surface area contributed by atoms with Crippen molar-refractivity contribution in [1.82, 2.24) is 9.97 Å². The number of aryl methyl sites for hydroxylation is 1. The third-order valence-corrected chi connectivity index (χ3v) is 5.55. The summed E-state index contributed by atoms with van der Waals surface area (Å²) in [6, 6.07) is 23.9. The number of aromatic amines is 1. The maximum atomic E-state index is 13.9. The fourth-order valence-corrected chi connectivity index (χ4v) is 4.03. The van der Waals surface area contributed by atoms with E-state index in [9.17, 15) is 9.18 Å². The van der Waals surface area contributed by atoms with Crippen molar-refractivity contribution in [2.45, 2.75) is 19.3 Å². The van der Waals surface area contributed by atoms with Crippen molar-refractivity contribution in [3.63, 3.8) is 0 Å². The van der Waals surface area contributed by atoms with Crippen LogP contribution in [-0.4, -0.2) is 15.9 Å². The predicted octanol–water partition coefficient (Wildman–Crippen LogP) is 6.45. The monoisotopic (exact) mass is 424 g/mol. The van der Waals surface area contributed by atoms with Crippen LogP contribution in [0.5, 0.6) is 5.75 Å². The lowest BCUT2D eigenvalue weighted by Gasteiger charge is -2.07. The second-order valence-electron chi connectivity index (χ2n) is 7.72. The van der Waals surface area contributed by atoms with Crippen molar-refractivity contribution >= 4 is 27.6 Å². The maximum absolute atomic E-state index is 13.9. The normalized spacial score (nSPS) is 11.2. The number of carbonyl (C=O) groups excluding carboxylic acids is 1. The van der Waals surface area contributed by atoms with Crippen LogP contribution in [0.3, 0.4) is 0 Å². The van der Waals surface area contributed by atoms with Crippen LogP contribution in [0.25, 0.3) is 33.1 Å². The molecule has 3 aromatic carbocycles. The Hall–Kier alpha value is -3.99. The van der Waals surface area contributed by atoms with Gasteiger partial charge in [-0.15, -0.1) is 0 Å². The molecule has 0 aliphatic carbocycles. The third-order valence-electron chi connectivity index (χ3n) is 5.55. The summed E-state index contributed by atoms with van der Waals surface area (Å²) in [5, 5.41) is 2.94. The first-order chi connectivity index (χ1) is 15.7. The van der Waals surface area contributed by atoms with E-state index in [0.717, 1.165) is 38.6 Å². The highest BCUT2D eigenvalue weighted by atomic mass is 19.1. The molecule has 2 heterocycles. The van der Waals surface area contributed by atoms with Gasteiger partial charge in [-0.1, -0.05) is 36.4 Å². The van der Waals surface area contributed by atoms with Crippen molar-refractivity contribution in [3.05, 3.63) is 96.4 Å². The molecule has 0 amide bonds. The number of esters is 1. The summed E-state index contributed by atoms with van der Waals surface area (Å²) in [6.45, 7) is 0. The molecule has 0 aliphatic rings. The average molecular weight is 424 g/mol. The molecule has 0 saturated carbocycles. The Labute approximate surface area is 184 Å². The Kier molecular flexibility index (Phi) is 5.38. The molecule has 0 aliphatic heterocycles. The molecule has 158 valence electrons. The van der Waals surface area contributed by atoms with E-state index in [4.69, 9.17) is 4.74 Å². The van der Waals surface area contributed by atoms with Gasteiger partial charge in [-0.25, -0.2) is 4.39 Å². The Balaban J connectivity index is 1.32. The minimum absolute atomic E-state index is 0.260. The van der Waals surface area contributed by atoms with E-state index < -0.39 is 0 Å². The lowest BCUT2D eigenvalue weighted by Crippen LogP contribution is -2.08. The van der Waals surface area contributed by atoms with Crippen LogP contribution in [0.1, 0.15) is 18.4 Å². The van der Waals surface area contributed by atoms with Gasteiger partial charge in [0.05, 0.1) is 11.4 Å². The summed E-state index contributed by atoms with van der Waals surface area (Å²) in [7, 11) is 0. The number of benzene rings is 3. The summed E-state index contributed by atoms with van der Waals surface area (Å²) >= 11 is 0. The smallest absolute Gasteiger partial charge is 0.311 e. The Morgan fingerprint density at radius 3 is 2.62 bits per heavy atom. The number of carbonyl (C=O) groups is 1. The van der Waals surface area contributed by atoms with Crippen LogP contribution in [0.2, 0.25) is 0 Å². The second kappa shape index (κ2) is 8.63. The molecule has 2 aromatic heterocycles. The number of fused-ring (bicyclic) bond motifs is 2. The maximum Gasteiger partial charge on any atom is 0.311 e. The number of halogens is 1. The molecular weight excluding hydrogens is 403 g/mol. The first-order valence-electron chi connectivity index (χ1n) is 10.6. The zero-order valence-corrected chi connectivity index (χ0v) is 17.3. The van der Waals surface area contributed by atoms with E-state index in [1.807, 2.05) is 60.7 Å². The molecule has 0 atom stereocenters. The molecule has 0 saturated heterocycles. The molecule has 0 fully saturated rings. The van der Waals surface area contributed by atoms with Crippen LogP contribution in [0.15, 0.2) is 85.1 Å². The Morgan fingerprint density at radius 2 is 1.78 bits per heavy atom. The Bertz CT molecular complexity index is 1410. The van der Waals surface area contributed by atoms with Crippen LogP contribution in [0.4, 0.5) is 4.39 Å². The number of ether oxygens (including phenoxy) is 1. The molecule has 0 spiro atoms. The van der Waals surface area contributed by atoms with Crippen LogP contribution in [-0.2, 0) is 11.2 Å². The number of nitrogens with one attached hydrogen (secondary N) is 1. The van der Waals surface area contributed by atoms with Crippen molar-refractivity contribution < 1.29 is 13.9 Å². The largest absolute Gasteiger partial charge is 0.427 e. The lowest BCUT2D eigenvalue weighted by molar-refractivity contribution is -0.134. The summed E-state index contributed by atoms with van der Waals surface area (Å²) in [6.07, 6.45) is 3.17. The quantitative estimate of drug-likeness (QED) is 0.252. The summed E-state index contributed by atoms with van der Waals surface area (Å²) < 4.78 is 19.5. The number of aromatic nitrogens is 2. The van der Waals surface area contributed by atoms with E-state index in [1.165, 1.54) is 12.1 Å². The molecule has 1 N–H and O–H groups in total. The molecule has 4 nitrogen and oxygen atoms in total. The highest BCUT2D eigenvalue weighted by molar-refractivity contribution is 5.90. The Morgan fingerprint density at radius 1 is 0.938 bits per heavy atom. The molecule has 5 heteroatoms. The van der Waals surface area contributed by atoms with Gasteiger partial charge in [-0.3, -0.25) is 9.78 Å². The number of hydrogen-bond donors (Lipinski definition) is 1. The predicted molar refractivity (Wildman–Crippen MR) is 124 cm³/mol. The number of hydrogen-bond acceptors (Lipinski definition) is 3. The molecular formula is C27H21FN2O2. The van der Waals surface area contributed by atoms with Gasteiger partial charge in [-0.05, 0) is 71.6 Å². The average Bonchev–Trinajstić information content (AvgIpc) is 3.17. The van der Waals surface area contributed by atoms with E-state index in [-0.39, 0.29) is 18.2 Å². The van der Waals surface area contributed by atoms with Gasteiger partial charge < -0.3 is 9.72 Å². The zero-order valence-electron chi connectivity index (χ0n) is 17.3. The van der Waals surface area contributed by atoms with E-state index in [0.29, 0.717) is 18.6 Å². The fourth-order valence-electron chi connectivity index (χ4n) is 4.03. The standard InChI is InChI=1S/C27H21FN2O2/c28-20-12-14-24-23(17-20)22(27(30-24)25-9-3-4-15-29-25)8-5-10-26(31)32-21-13-11-18-6-1-2-7-19(18)16-21/h1-4,6-7,9,11-17,30H,5,8,10H2. The lowest BCUT2D eigenvalue weighted by atomic mass is 10.0. The summed E-state index contributed by atoms with van der Waals surface area (Å²) in [5.41, 5.74) is 3.45. The molecule has 32 heavy (non-hydrogen) atoms. The van der Waals surface area contributed by atoms with Gasteiger partial charge in [0.2, 0.25) is 0 Å². The van der Waals surface area contributed by atoms with Crippen LogP contribution in [0, 0.1) is 5.82 Å². The van der Waals surface area contributed by atoms with Gasteiger partial charge >= 0.3 is 5.97 Å². The second-order valence-corrected chi connectivity index (χ2v) is 7.72. The molecule has 5 rings (SSSR count). The summed E-state index contributed by atoms with van der Waals surface area (Å²) in [5.74, 6) is -0.0382. The number of pyridine rings is 1. The minimum atomic E-state index is -0.291. The number of rotatable bonds is 6. The van der Waals surface area contributed by atoms with Gasteiger partial charge in [0.1, 0.15) is 11.6 Å². The molecule has 5 aromatic rings. The molecule has 0 bridgehead atoms. The van der Waals surface area contributed by atoms with Gasteiger partial charge in [0, 0.05) is 23.5 Å². The van der Waals surface area contributed by atoms with E-state index in [2.05, 4.69) is 9.97 Å². The van der Waals surface area contributed by atoms with Crippen molar-refractivity contribution in [3.8, 4) is 17.1 Å². The topological polar surface area (TPSA) is 55.0 Å². The molecule has 0 unspecified atom stereocenters. The highest BCUT2D eigenvalue weighted by Crippen LogP contribution is 2.31. The highest BCUT2D eigenvalue weighted by Gasteiger charge is 2.15. The van der Waals surface area contributed by atoms with E-state index in [1.54, 1.807) is 12.3 Å². The zero-order chi connectivity index (χ0) is 21.9. The van der Waals surface area contributed by atoms with Crippen molar-refractivity contribution in [2.75, 3.05) is 0 Å². The minimum Gasteiger partial charge on any atom is -0.427 e. The van der Waals surface area contributed by atoms with Gasteiger partial charge in [0.15, 0.2) is 0 Å². The van der Waals surface area contributed by atoms with Crippen molar-refractivity contribution in [2.24, 2.45) is 0 Å². The van der Waals surface area contributed by atoms with Gasteiger partial charge in [0.25, 0.3) is 0 Å².